The molecule has 2 aromatic rings. The highest BCUT2D eigenvalue weighted by Gasteiger charge is 2.46. The maximum absolute atomic E-state index is 14.4. The summed E-state index contributed by atoms with van der Waals surface area (Å²) in [5.74, 6) is -2.70. The maximum atomic E-state index is 14.4. The number of nitrogens with zero attached hydrogens (tertiary/aromatic N) is 2. The van der Waals surface area contributed by atoms with Crippen molar-refractivity contribution in [3.8, 4) is 5.75 Å². The fraction of sp³-hybridized carbons (Fsp3) is 0.571. The van der Waals surface area contributed by atoms with Crippen molar-refractivity contribution in [1.82, 2.24) is 31.1 Å². The van der Waals surface area contributed by atoms with Crippen LogP contribution in [-0.2, 0) is 39.9 Å². The molecule has 0 aromatic heterocycles. The molecule has 5 N–H and O–H groups in total. The molecule has 0 aliphatic carbocycles. The summed E-state index contributed by atoms with van der Waals surface area (Å²) in [5, 5.41) is 22.1. The lowest BCUT2D eigenvalue weighted by atomic mass is 9.85. The maximum Gasteiger partial charge on any atom is 0.251 e. The van der Waals surface area contributed by atoms with Gasteiger partial charge in [-0.3, -0.25) is 28.8 Å². The topological polar surface area (TPSA) is 196 Å². The standard InChI is InChI=1S/C42H60N6O9/c1-7-8-19-30(36(51)39(53)43-25-34(50)45-35(40(54)47(5)6)27-16-10-9-11-17-27)44-38(52)31-24-29-26-48(31)41(55)37(42(2,3)4)46-33(49)23-28-18-12-13-20-32(28)57-22-15-14-21-56-29/h9-13,16-18,20,29-31,35-37,51H,7-8,14-15,19,21-26H2,1-6H3,(H,43,53)(H,44,52)(H,45,50)(H,46,49)/t29-,30?,31+,35+,36?,37?/m1/s1. The monoisotopic (exact) mass is 792 g/mol. The van der Waals surface area contributed by atoms with Gasteiger partial charge in [-0.25, -0.2) is 0 Å². The molecule has 2 aliphatic rings. The van der Waals surface area contributed by atoms with Gasteiger partial charge in [0.25, 0.3) is 5.91 Å². The number of benzene rings is 2. The molecule has 6 amide bonds. The van der Waals surface area contributed by atoms with Gasteiger partial charge in [-0.15, -0.1) is 0 Å². The van der Waals surface area contributed by atoms with E-state index in [1.165, 1.54) is 9.80 Å². The minimum Gasteiger partial charge on any atom is -0.493 e. The molecule has 15 heteroatoms. The highest BCUT2D eigenvalue weighted by Crippen LogP contribution is 2.29. The van der Waals surface area contributed by atoms with Gasteiger partial charge in [0.1, 0.15) is 23.9 Å². The van der Waals surface area contributed by atoms with Crippen molar-refractivity contribution in [3.63, 3.8) is 0 Å². The van der Waals surface area contributed by atoms with Crippen LogP contribution in [0.4, 0.5) is 0 Å². The average Bonchev–Trinajstić information content (AvgIpc) is 3.61. The van der Waals surface area contributed by atoms with E-state index in [1.54, 1.807) is 44.4 Å². The van der Waals surface area contributed by atoms with E-state index < -0.39 is 72.0 Å². The number of rotatable bonds is 12. The molecule has 0 radical (unpaired) electrons. The van der Waals surface area contributed by atoms with E-state index in [2.05, 4.69) is 21.3 Å². The van der Waals surface area contributed by atoms with Crippen molar-refractivity contribution in [2.24, 2.45) is 5.41 Å². The zero-order valence-electron chi connectivity index (χ0n) is 34.0. The first-order valence-electron chi connectivity index (χ1n) is 19.8. The lowest BCUT2D eigenvalue weighted by Crippen LogP contribution is -2.59. The molecule has 2 bridgehead atoms. The Morgan fingerprint density at radius 1 is 0.982 bits per heavy atom. The highest BCUT2D eigenvalue weighted by molar-refractivity contribution is 5.94. The number of aliphatic hydroxyl groups excluding tert-OH is 1. The summed E-state index contributed by atoms with van der Waals surface area (Å²) in [6.45, 7) is 7.82. The van der Waals surface area contributed by atoms with Crippen molar-refractivity contribution in [2.75, 3.05) is 40.4 Å². The van der Waals surface area contributed by atoms with Crippen LogP contribution in [0.1, 0.15) is 83.4 Å². The SMILES string of the molecule is CCCCC(NC(=O)[C@@H]1C[C@@H]2CN1C(=O)C(C(C)(C)C)NC(=O)Cc1ccccc1OCCCCO2)C(O)C(=O)NCC(=O)N[C@H](C(=O)N(C)C)c1ccccc1. The van der Waals surface area contributed by atoms with Crippen molar-refractivity contribution in [3.05, 3.63) is 65.7 Å². The molecule has 0 spiro atoms. The Hall–Kier alpha value is -5.02. The molecular weight excluding hydrogens is 732 g/mol. The number of aliphatic hydroxyl groups is 1. The summed E-state index contributed by atoms with van der Waals surface area (Å²) in [6, 6.07) is 11.9. The third kappa shape index (κ3) is 12.7. The zero-order chi connectivity index (χ0) is 41.7. The summed E-state index contributed by atoms with van der Waals surface area (Å²) < 4.78 is 12.2. The molecule has 1 fully saturated rings. The molecule has 3 unspecified atom stereocenters. The van der Waals surface area contributed by atoms with Gasteiger partial charge >= 0.3 is 0 Å². The van der Waals surface area contributed by atoms with Gasteiger partial charge in [0.15, 0.2) is 6.10 Å². The zero-order valence-corrected chi connectivity index (χ0v) is 34.0. The van der Waals surface area contributed by atoms with Crippen LogP contribution in [0.2, 0.25) is 0 Å². The molecular formula is C42H60N6O9. The number of nitrogens with one attached hydrogen (secondary N) is 4. The lowest BCUT2D eigenvalue weighted by molar-refractivity contribution is -0.144. The van der Waals surface area contributed by atoms with Crippen LogP contribution in [0, 0.1) is 5.41 Å². The summed E-state index contributed by atoms with van der Waals surface area (Å²) in [4.78, 5) is 84.0. The second kappa shape index (κ2) is 20.9. The summed E-state index contributed by atoms with van der Waals surface area (Å²) in [5.41, 5.74) is 0.514. The summed E-state index contributed by atoms with van der Waals surface area (Å²) in [6.07, 6.45) is 0.814. The number of hydrogen-bond donors (Lipinski definition) is 5. The van der Waals surface area contributed by atoms with E-state index in [0.717, 1.165) is 0 Å². The third-order valence-corrected chi connectivity index (χ3v) is 10.1. The number of fused-ring (bicyclic) bond motifs is 3. The second-order valence-electron chi connectivity index (χ2n) is 16.0. The molecule has 2 aromatic carbocycles. The van der Waals surface area contributed by atoms with E-state index in [4.69, 9.17) is 9.47 Å². The number of carbonyl (C=O) groups excluding carboxylic acids is 6. The number of ether oxygens (including phenoxy) is 2. The molecule has 2 heterocycles. The van der Waals surface area contributed by atoms with Gasteiger partial charge in [-0.05, 0) is 36.3 Å². The van der Waals surface area contributed by atoms with E-state index in [1.807, 2.05) is 52.0 Å². The van der Waals surface area contributed by atoms with Crippen molar-refractivity contribution in [1.29, 1.82) is 0 Å². The van der Waals surface area contributed by atoms with Gasteiger partial charge in [-0.2, -0.15) is 0 Å². The van der Waals surface area contributed by atoms with Gasteiger partial charge in [0.2, 0.25) is 29.5 Å². The van der Waals surface area contributed by atoms with Gasteiger partial charge in [-0.1, -0.05) is 89.1 Å². The van der Waals surface area contributed by atoms with E-state index >= 15 is 0 Å². The van der Waals surface area contributed by atoms with Gasteiger partial charge in [0, 0.05) is 39.2 Å². The molecule has 1 saturated heterocycles. The highest BCUT2D eigenvalue weighted by atomic mass is 16.5. The van der Waals surface area contributed by atoms with Crippen LogP contribution < -0.4 is 26.0 Å². The number of unbranched alkanes of at least 4 members (excludes halogenated alkanes) is 1. The van der Waals surface area contributed by atoms with Crippen LogP contribution in [0.25, 0.3) is 0 Å². The van der Waals surface area contributed by atoms with E-state index in [-0.39, 0.29) is 37.6 Å². The van der Waals surface area contributed by atoms with Crippen LogP contribution in [0.5, 0.6) is 5.75 Å². The predicted molar refractivity (Wildman–Crippen MR) is 213 cm³/mol. The lowest BCUT2D eigenvalue weighted by Gasteiger charge is -2.36. The van der Waals surface area contributed by atoms with Crippen LogP contribution >= 0.6 is 0 Å². The molecule has 6 atom stereocenters. The Labute approximate surface area is 335 Å². The normalized spacial score (nSPS) is 20.8. The average molecular weight is 793 g/mol. The minimum absolute atomic E-state index is 0.00573. The molecule has 312 valence electrons. The molecule has 4 rings (SSSR count). The van der Waals surface area contributed by atoms with E-state index in [0.29, 0.717) is 55.8 Å². The third-order valence-electron chi connectivity index (χ3n) is 10.1. The number of amides is 6. The van der Waals surface area contributed by atoms with E-state index in [9.17, 15) is 33.9 Å². The fourth-order valence-electron chi connectivity index (χ4n) is 6.91. The second-order valence-corrected chi connectivity index (χ2v) is 16.0. The molecule has 0 saturated carbocycles. The van der Waals surface area contributed by atoms with Crippen molar-refractivity contribution >= 4 is 35.4 Å². The molecule has 15 nitrogen and oxygen atoms in total. The van der Waals surface area contributed by atoms with Crippen molar-refractivity contribution in [2.45, 2.75) is 109 Å². The van der Waals surface area contributed by atoms with Crippen LogP contribution in [0.3, 0.4) is 0 Å². The Kier molecular flexibility index (Phi) is 16.4. The Bertz CT molecular complexity index is 1700. The number of para-hydroxylation sites is 1. The van der Waals surface area contributed by atoms with Crippen LogP contribution in [-0.4, -0.2) is 121 Å². The largest absolute Gasteiger partial charge is 0.493 e. The van der Waals surface area contributed by atoms with Crippen LogP contribution in [0.15, 0.2) is 54.6 Å². The number of hydrogen-bond acceptors (Lipinski definition) is 9. The Morgan fingerprint density at radius 3 is 2.35 bits per heavy atom. The first-order chi connectivity index (χ1) is 27.1. The first-order valence-corrected chi connectivity index (χ1v) is 19.8. The number of likely N-dealkylation sites (N-methyl/N-ethyl adjacent to an activating group) is 1. The summed E-state index contributed by atoms with van der Waals surface area (Å²) >= 11 is 0. The smallest absolute Gasteiger partial charge is 0.251 e. The van der Waals surface area contributed by atoms with Gasteiger partial charge < -0.3 is 45.6 Å². The first kappa shape index (κ1) is 44.7. The molecule has 2 aliphatic heterocycles. The predicted octanol–water partition coefficient (Wildman–Crippen LogP) is 2.02. The quantitative estimate of drug-likeness (QED) is 0.214. The van der Waals surface area contributed by atoms with Crippen molar-refractivity contribution < 1.29 is 43.3 Å². The molecule has 57 heavy (non-hydrogen) atoms. The van der Waals surface area contributed by atoms with Gasteiger partial charge in [0.05, 0.1) is 31.7 Å². The Morgan fingerprint density at radius 2 is 1.67 bits per heavy atom. The minimum atomic E-state index is -1.74. The summed E-state index contributed by atoms with van der Waals surface area (Å²) in [7, 11) is 3.14. The number of carbonyl (C=O) groups is 6. The Balaban J connectivity index is 1.49. The fourth-order valence-corrected chi connectivity index (χ4v) is 6.91.